The third-order valence-corrected chi connectivity index (χ3v) is 3.31. The second-order valence-electron chi connectivity index (χ2n) is 5.02. The molecule has 0 bridgehead atoms. The Morgan fingerprint density at radius 1 is 1.53 bits per heavy atom. The van der Waals surface area contributed by atoms with Gasteiger partial charge in [0.1, 0.15) is 12.3 Å². The number of hydrogen-bond acceptors (Lipinski definition) is 5. The Balaban J connectivity index is 2.38. The van der Waals surface area contributed by atoms with Gasteiger partial charge in [-0.2, -0.15) is 0 Å². The molecule has 7 nitrogen and oxygen atoms in total. The fraction of sp³-hybridized carbons (Fsp3) is 0.667. The van der Waals surface area contributed by atoms with Crippen LogP contribution in [-0.2, 0) is 4.74 Å². The van der Waals surface area contributed by atoms with Gasteiger partial charge >= 0.3 is 5.69 Å². The molecule has 2 rings (SSSR count). The van der Waals surface area contributed by atoms with E-state index >= 15 is 0 Å². The van der Waals surface area contributed by atoms with Crippen molar-refractivity contribution in [2.75, 3.05) is 6.61 Å². The largest absolute Gasteiger partial charge is 0.394 e. The number of rotatable bonds is 3. The maximum atomic E-state index is 11.8. The van der Waals surface area contributed by atoms with Gasteiger partial charge in [0, 0.05) is 18.2 Å². The standard InChI is InChI=1S/C12H18N2O5/c1-6(2)7-4-14(12(18)13-11(7)17)10-3-8(16)9(5-15)19-10/h4,6,8-10,15-16H,3,5H2,1-2H3,(H,13,17,18)/t8-,9+,10+/m0/s1. The summed E-state index contributed by atoms with van der Waals surface area (Å²) in [7, 11) is 0. The van der Waals surface area contributed by atoms with Crippen LogP contribution in [0.25, 0.3) is 0 Å². The van der Waals surface area contributed by atoms with E-state index in [0.717, 1.165) is 0 Å². The molecule has 19 heavy (non-hydrogen) atoms. The molecule has 0 radical (unpaired) electrons. The van der Waals surface area contributed by atoms with Crippen molar-refractivity contribution < 1.29 is 14.9 Å². The van der Waals surface area contributed by atoms with E-state index in [1.165, 1.54) is 10.8 Å². The number of nitrogens with zero attached hydrogens (tertiary/aromatic N) is 1. The molecule has 1 fully saturated rings. The first-order valence-electron chi connectivity index (χ1n) is 6.23. The van der Waals surface area contributed by atoms with Crippen LogP contribution in [0.4, 0.5) is 0 Å². The molecule has 3 atom stereocenters. The molecular weight excluding hydrogens is 252 g/mol. The highest BCUT2D eigenvalue weighted by Gasteiger charge is 2.35. The number of hydrogen-bond donors (Lipinski definition) is 3. The van der Waals surface area contributed by atoms with Gasteiger partial charge in [-0.25, -0.2) is 4.79 Å². The summed E-state index contributed by atoms with van der Waals surface area (Å²) in [5.74, 6) is -0.0319. The number of aliphatic hydroxyl groups excluding tert-OH is 2. The molecule has 0 aromatic carbocycles. The van der Waals surface area contributed by atoms with E-state index in [0.29, 0.717) is 5.56 Å². The molecule has 3 N–H and O–H groups in total. The number of ether oxygens (including phenoxy) is 1. The second kappa shape index (κ2) is 5.28. The van der Waals surface area contributed by atoms with E-state index in [1.54, 1.807) is 0 Å². The highest BCUT2D eigenvalue weighted by molar-refractivity contribution is 5.09. The van der Waals surface area contributed by atoms with E-state index in [9.17, 15) is 14.7 Å². The van der Waals surface area contributed by atoms with Crippen molar-refractivity contribution in [3.05, 3.63) is 32.6 Å². The maximum Gasteiger partial charge on any atom is 0.330 e. The van der Waals surface area contributed by atoms with Gasteiger partial charge in [-0.1, -0.05) is 13.8 Å². The van der Waals surface area contributed by atoms with E-state index in [1.807, 2.05) is 13.8 Å². The van der Waals surface area contributed by atoms with Gasteiger partial charge in [0.25, 0.3) is 5.56 Å². The zero-order valence-electron chi connectivity index (χ0n) is 10.9. The van der Waals surface area contributed by atoms with Crippen molar-refractivity contribution in [3.63, 3.8) is 0 Å². The lowest BCUT2D eigenvalue weighted by atomic mass is 10.1. The van der Waals surface area contributed by atoms with E-state index in [4.69, 9.17) is 9.84 Å². The Morgan fingerprint density at radius 3 is 2.74 bits per heavy atom. The number of aromatic nitrogens is 2. The van der Waals surface area contributed by atoms with Gasteiger partial charge in [-0.15, -0.1) is 0 Å². The number of H-pyrrole nitrogens is 1. The first-order valence-corrected chi connectivity index (χ1v) is 6.23. The van der Waals surface area contributed by atoms with Gasteiger partial charge < -0.3 is 14.9 Å². The van der Waals surface area contributed by atoms with E-state index in [2.05, 4.69) is 4.98 Å². The average molecular weight is 270 g/mol. The van der Waals surface area contributed by atoms with Crippen LogP contribution in [0.2, 0.25) is 0 Å². The second-order valence-corrected chi connectivity index (χ2v) is 5.02. The number of aromatic amines is 1. The SMILES string of the molecule is CC(C)c1cn([C@H]2C[C@H](O)[C@@H](CO)O2)c(=O)[nH]c1=O. The van der Waals surface area contributed by atoms with E-state index in [-0.39, 0.29) is 18.9 Å². The van der Waals surface area contributed by atoms with Crippen molar-refractivity contribution in [2.24, 2.45) is 0 Å². The molecule has 0 saturated carbocycles. The summed E-state index contributed by atoms with van der Waals surface area (Å²) in [6.07, 6.45) is -0.533. The third kappa shape index (κ3) is 2.63. The summed E-state index contributed by atoms with van der Waals surface area (Å²) in [5.41, 5.74) is -0.510. The lowest BCUT2D eigenvalue weighted by Gasteiger charge is -2.16. The van der Waals surface area contributed by atoms with Crippen molar-refractivity contribution in [2.45, 2.75) is 44.6 Å². The maximum absolute atomic E-state index is 11.8. The molecule has 1 aliphatic heterocycles. The molecule has 7 heteroatoms. The van der Waals surface area contributed by atoms with E-state index < -0.39 is 29.7 Å². The Bertz CT molecular complexity index is 562. The van der Waals surface area contributed by atoms with Crippen molar-refractivity contribution in [1.82, 2.24) is 9.55 Å². The quantitative estimate of drug-likeness (QED) is 0.673. The van der Waals surface area contributed by atoms with Gasteiger partial charge in [-0.3, -0.25) is 14.3 Å². The average Bonchev–Trinajstić information content (AvgIpc) is 2.69. The van der Waals surface area contributed by atoms with Crippen LogP contribution < -0.4 is 11.2 Å². The fourth-order valence-electron chi connectivity index (χ4n) is 2.18. The van der Waals surface area contributed by atoms with Gasteiger partial charge in [0.05, 0.1) is 12.7 Å². The zero-order valence-corrected chi connectivity index (χ0v) is 10.9. The molecule has 106 valence electrons. The normalized spacial score (nSPS) is 27.1. The minimum atomic E-state index is -0.823. The summed E-state index contributed by atoms with van der Waals surface area (Å²) in [5, 5.41) is 18.7. The van der Waals surface area contributed by atoms with Crippen LogP contribution in [0.5, 0.6) is 0 Å². The lowest BCUT2D eigenvalue weighted by Crippen LogP contribution is -2.34. The number of aliphatic hydroxyl groups is 2. The van der Waals surface area contributed by atoms with Crippen LogP contribution in [-0.4, -0.2) is 38.6 Å². The predicted molar refractivity (Wildman–Crippen MR) is 67.0 cm³/mol. The monoisotopic (exact) mass is 270 g/mol. The molecule has 0 aliphatic carbocycles. The highest BCUT2D eigenvalue weighted by Crippen LogP contribution is 2.27. The third-order valence-electron chi connectivity index (χ3n) is 3.31. The fourth-order valence-corrected chi connectivity index (χ4v) is 2.18. The Morgan fingerprint density at radius 2 is 2.21 bits per heavy atom. The summed E-state index contributed by atoms with van der Waals surface area (Å²) >= 11 is 0. The Hall–Kier alpha value is -1.44. The Kier molecular flexibility index (Phi) is 3.88. The smallest absolute Gasteiger partial charge is 0.330 e. The minimum Gasteiger partial charge on any atom is -0.394 e. The minimum absolute atomic E-state index is 0.0319. The topological polar surface area (TPSA) is 105 Å². The van der Waals surface area contributed by atoms with Crippen molar-refractivity contribution in [1.29, 1.82) is 0 Å². The first kappa shape index (κ1) is 14.0. The molecule has 1 aromatic rings. The first-order chi connectivity index (χ1) is 8.93. The summed E-state index contributed by atoms with van der Waals surface area (Å²) < 4.78 is 6.66. The molecular formula is C12H18N2O5. The molecule has 1 aromatic heterocycles. The van der Waals surface area contributed by atoms with Crippen LogP contribution in [0.3, 0.4) is 0 Å². The lowest BCUT2D eigenvalue weighted by molar-refractivity contribution is -0.0460. The zero-order chi connectivity index (χ0) is 14.2. The van der Waals surface area contributed by atoms with Crippen LogP contribution in [0, 0.1) is 0 Å². The van der Waals surface area contributed by atoms with Crippen molar-refractivity contribution in [3.8, 4) is 0 Å². The molecule has 0 amide bonds. The predicted octanol–water partition coefficient (Wildman–Crippen LogP) is -0.699. The van der Waals surface area contributed by atoms with Crippen molar-refractivity contribution >= 4 is 0 Å². The molecule has 0 spiro atoms. The number of nitrogens with one attached hydrogen (secondary N) is 1. The Labute approximate surface area is 109 Å². The van der Waals surface area contributed by atoms with Crippen LogP contribution >= 0.6 is 0 Å². The molecule has 2 heterocycles. The molecule has 1 saturated heterocycles. The van der Waals surface area contributed by atoms with Crippen LogP contribution in [0.15, 0.2) is 15.8 Å². The van der Waals surface area contributed by atoms with Gasteiger partial charge in [0.2, 0.25) is 0 Å². The van der Waals surface area contributed by atoms with Gasteiger partial charge in [0.15, 0.2) is 0 Å². The highest BCUT2D eigenvalue weighted by atomic mass is 16.5. The van der Waals surface area contributed by atoms with Crippen LogP contribution in [0.1, 0.15) is 38.0 Å². The van der Waals surface area contributed by atoms with Gasteiger partial charge in [-0.05, 0) is 5.92 Å². The molecule has 1 aliphatic rings. The summed E-state index contributed by atoms with van der Waals surface area (Å²) in [6.45, 7) is 3.38. The molecule has 0 unspecified atom stereocenters. The summed E-state index contributed by atoms with van der Waals surface area (Å²) in [6, 6.07) is 0. The summed E-state index contributed by atoms with van der Waals surface area (Å²) in [4.78, 5) is 25.7.